The highest BCUT2D eigenvalue weighted by molar-refractivity contribution is 5.87. The summed E-state index contributed by atoms with van der Waals surface area (Å²) in [4.78, 5) is 10.7. The lowest BCUT2D eigenvalue weighted by molar-refractivity contribution is 0.0697. The molecule has 1 N–H and O–H groups in total. The zero-order valence-electron chi connectivity index (χ0n) is 9.44. The molecule has 84 valence electrons. The third kappa shape index (κ3) is 2.32. The smallest absolute Gasteiger partial charge is 0.335 e. The normalized spacial score (nSPS) is 20.3. The number of rotatable bonds is 2. The second-order valence-corrected chi connectivity index (χ2v) is 4.45. The van der Waals surface area contributed by atoms with Crippen molar-refractivity contribution in [3.63, 3.8) is 0 Å². The van der Waals surface area contributed by atoms with E-state index in [0.29, 0.717) is 11.5 Å². The van der Waals surface area contributed by atoms with Crippen LogP contribution in [0.25, 0.3) is 0 Å². The first-order chi connectivity index (χ1) is 7.66. The van der Waals surface area contributed by atoms with Crippen LogP contribution in [0.2, 0.25) is 0 Å². The average molecular weight is 216 g/mol. The molecule has 0 fully saturated rings. The van der Waals surface area contributed by atoms with Gasteiger partial charge in [0.25, 0.3) is 0 Å². The Balaban J connectivity index is 2.13. The monoisotopic (exact) mass is 216 g/mol. The van der Waals surface area contributed by atoms with Crippen LogP contribution in [-0.2, 0) is 0 Å². The van der Waals surface area contributed by atoms with Gasteiger partial charge in [-0.2, -0.15) is 0 Å². The van der Waals surface area contributed by atoms with Gasteiger partial charge in [-0.3, -0.25) is 0 Å². The number of benzene rings is 1. The number of carboxylic acids is 1. The molecule has 16 heavy (non-hydrogen) atoms. The molecule has 1 aromatic rings. The molecule has 1 atom stereocenters. The Morgan fingerprint density at radius 3 is 2.50 bits per heavy atom. The van der Waals surface area contributed by atoms with Gasteiger partial charge in [-0.15, -0.1) is 0 Å². The van der Waals surface area contributed by atoms with Crippen molar-refractivity contribution in [2.45, 2.75) is 32.1 Å². The minimum atomic E-state index is -0.856. The fraction of sp³-hybridized carbons (Fsp3) is 0.357. The summed E-state index contributed by atoms with van der Waals surface area (Å²) < 4.78 is 0. The summed E-state index contributed by atoms with van der Waals surface area (Å²) in [7, 11) is 0. The fourth-order valence-corrected chi connectivity index (χ4v) is 2.17. The first-order valence-corrected chi connectivity index (χ1v) is 5.65. The third-order valence-electron chi connectivity index (χ3n) is 3.27. The Hall–Kier alpha value is -1.57. The predicted octanol–water partition coefficient (Wildman–Crippen LogP) is 3.60. The molecular weight excluding hydrogens is 200 g/mol. The predicted molar refractivity (Wildman–Crippen MR) is 63.8 cm³/mol. The van der Waals surface area contributed by atoms with Gasteiger partial charge in [0.05, 0.1) is 5.56 Å². The minimum Gasteiger partial charge on any atom is -0.478 e. The molecule has 0 spiro atoms. The van der Waals surface area contributed by atoms with E-state index in [-0.39, 0.29) is 0 Å². The van der Waals surface area contributed by atoms with Crippen LogP contribution < -0.4 is 0 Å². The molecule has 2 nitrogen and oxygen atoms in total. The molecule has 0 saturated heterocycles. The highest BCUT2D eigenvalue weighted by atomic mass is 16.4. The van der Waals surface area contributed by atoms with Crippen LogP contribution in [0.4, 0.5) is 0 Å². The quantitative estimate of drug-likeness (QED) is 0.767. The molecule has 0 saturated carbocycles. The summed E-state index contributed by atoms with van der Waals surface area (Å²) in [6, 6.07) is 7.29. The Morgan fingerprint density at radius 1 is 1.31 bits per heavy atom. The lowest BCUT2D eigenvalue weighted by Crippen LogP contribution is -2.04. The maximum absolute atomic E-state index is 10.7. The average Bonchev–Trinajstić information content (AvgIpc) is 2.30. The van der Waals surface area contributed by atoms with Crippen molar-refractivity contribution in [1.29, 1.82) is 0 Å². The number of hydrogen-bond acceptors (Lipinski definition) is 1. The molecular formula is C14H16O2. The summed E-state index contributed by atoms with van der Waals surface area (Å²) in [6.07, 6.45) is 5.71. The SMILES string of the molecule is CC1=CCC(c2ccc(C(=O)O)cc2)CC1. The maximum atomic E-state index is 10.7. The van der Waals surface area contributed by atoms with Crippen LogP contribution in [0, 0.1) is 0 Å². The van der Waals surface area contributed by atoms with Gasteiger partial charge in [-0.05, 0) is 49.8 Å². The number of allylic oxidation sites excluding steroid dienone is 2. The Morgan fingerprint density at radius 2 is 2.00 bits per heavy atom. The van der Waals surface area contributed by atoms with Crippen LogP contribution >= 0.6 is 0 Å². The third-order valence-corrected chi connectivity index (χ3v) is 3.27. The van der Waals surface area contributed by atoms with Gasteiger partial charge in [0.1, 0.15) is 0 Å². The fourth-order valence-electron chi connectivity index (χ4n) is 2.17. The van der Waals surface area contributed by atoms with E-state index in [1.165, 1.54) is 17.6 Å². The van der Waals surface area contributed by atoms with E-state index in [4.69, 9.17) is 5.11 Å². The molecule has 0 bridgehead atoms. The molecule has 0 heterocycles. The lowest BCUT2D eigenvalue weighted by Gasteiger charge is -2.20. The molecule has 2 heteroatoms. The van der Waals surface area contributed by atoms with Gasteiger partial charge in [0, 0.05) is 0 Å². The largest absolute Gasteiger partial charge is 0.478 e. The first-order valence-electron chi connectivity index (χ1n) is 5.65. The number of aromatic carboxylic acids is 1. The van der Waals surface area contributed by atoms with Gasteiger partial charge in [0.15, 0.2) is 0 Å². The van der Waals surface area contributed by atoms with Gasteiger partial charge in [0.2, 0.25) is 0 Å². The molecule has 1 unspecified atom stereocenters. The van der Waals surface area contributed by atoms with E-state index in [9.17, 15) is 4.79 Å². The number of hydrogen-bond donors (Lipinski definition) is 1. The molecule has 0 radical (unpaired) electrons. The number of carbonyl (C=O) groups is 1. The van der Waals surface area contributed by atoms with E-state index in [1.54, 1.807) is 12.1 Å². The summed E-state index contributed by atoms with van der Waals surface area (Å²) >= 11 is 0. The molecule has 0 aromatic heterocycles. The molecule has 1 aromatic carbocycles. The highest BCUT2D eigenvalue weighted by Gasteiger charge is 2.14. The van der Waals surface area contributed by atoms with Crippen LogP contribution in [-0.4, -0.2) is 11.1 Å². The van der Waals surface area contributed by atoms with E-state index >= 15 is 0 Å². The van der Waals surface area contributed by atoms with Gasteiger partial charge in [-0.1, -0.05) is 23.8 Å². The molecule has 0 aliphatic heterocycles. The Kier molecular flexibility index (Phi) is 3.09. The van der Waals surface area contributed by atoms with Crippen LogP contribution in [0.3, 0.4) is 0 Å². The van der Waals surface area contributed by atoms with Crippen molar-refractivity contribution in [1.82, 2.24) is 0 Å². The maximum Gasteiger partial charge on any atom is 0.335 e. The lowest BCUT2D eigenvalue weighted by atomic mass is 9.85. The Labute approximate surface area is 95.6 Å². The summed E-state index contributed by atoms with van der Waals surface area (Å²) in [5.74, 6) is -0.294. The first kappa shape index (κ1) is 10.9. The van der Waals surface area contributed by atoms with Crippen LogP contribution in [0.15, 0.2) is 35.9 Å². The van der Waals surface area contributed by atoms with E-state index in [2.05, 4.69) is 13.0 Å². The summed E-state index contributed by atoms with van der Waals surface area (Å²) in [5, 5.41) is 8.81. The standard InChI is InChI=1S/C14H16O2/c1-10-2-4-11(5-3-10)12-6-8-13(9-7-12)14(15)16/h2,6-9,11H,3-5H2,1H3,(H,15,16). The topological polar surface area (TPSA) is 37.3 Å². The summed E-state index contributed by atoms with van der Waals surface area (Å²) in [5.41, 5.74) is 3.10. The number of carboxylic acid groups (broad SMARTS) is 1. The van der Waals surface area contributed by atoms with Crippen molar-refractivity contribution in [2.24, 2.45) is 0 Å². The van der Waals surface area contributed by atoms with Crippen molar-refractivity contribution in [3.05, 3.63) is 47.0 Å². The second kappa shape index (κ2) is 4.52. The minimum absolute atomic E-state index is 0.367. The van der Waals surface area contributed by atoms with E-state index < -0.39 is 5.97 Å². The Bertz CT molecular complexity index is 415. The second-order valence-electron chi connectivity index (χ2n) is 4.45. The van der Waals surface area contributed by atoms with E-state index in [0.717, 1.165) is 12.8 Å². The van der Waals surface area contributed by atoms with Crippen LogP contribution in [0.1, 0.15) is 48.0 Å². The van der Waals surface area contributed by atoms with Crippen molar-refractivity contribution in [2.75, 3.05) is 0 Å². The van der Waals surface area contributed by atoms with E-state index in [1.807, 2.05) is 12.1 Å². The summed E-state index contributed by atoms with van der Waals surface area (Å²) in [6.45, 7) is 2.17. The zero-order chi connectivity index (χ0) is 11.5. The molecule has 2 rings (SSSR count). The van der Waals surface area contributed by atoms with Gasteiger partial charge in [-0.25, -0.2) is 4.79 Å². The van der Waals surface area contributed by atoms with Gasteiger partial charge < -0.3 is 5.11 Å². The molecule has 1 aliphatic carbocycles. The molecule has 0 amide bonds. The highest BCUT2D eigenvalue weighted by Crippen LogP contribution is 2.31. The van der Waals surface area contributed by atoms with Crippen molar-refractivity contribution < 1.29 is 9.90 Å². The van der Waals surface area contributed by atoms with Crippen molar-refractivity contribution in [3.8, 4) is 0 Å². The van der Waals surface area contributed by atoms with Crippen LogP contribution in [0.5, 0.6) is 0 Å². The molecule has 1 aliphatic rings. The van der Waals surface area contributed by atoms with Gasteiger partial charge >= 0.3 is 5.97 Å². The van der Waals surface area contributed by atoms with Crippen molar-refractivity contribution >= 4 is 5.97 Å². The zero-order valence-corrected chi connectivity index (χ0v) is 9.44.